The highest BCUT2D eigenvalue weighted by atomic mass is 35.5. The maximum atomic E-state index is 13.2. The van der Waals surface area contributed by atoms with Crippen LogP contribution in [0, 0.1) is 11.6 Å². The van der Waals surface area contributed by atoms with Crippen LogP contribution in [0.4, 0.5) is 14.5 Å². The van der Waals surface area contributed by atoms with Crippen molar-refractivity contribution in [1.29, 1.82) is 0 Å². The van der Waals surface area contributed by atoms with Gasteiger partial charge in [0.2, 0.25) is 0 Å². The smallest absolute Gasteiger partial charge is 0.354 e. The minimum atomic E-state index is -1.16. The average Bonchev–Trinajstić information content (AvgIpc) is 2.95. The van der Waals surface area contributed by atoms with Gasteiger partial charge in [-0.25, -0.2) is 13.6 Å². The van der Waals surface area contributed by atoms with E-state index in [9.17, 15) is 23.5 Å². The van der Waals surface area contributed by atoms with Gasteiger partial charge in [-0.05, 0) is 36.4 Å². The molecule has 8 heteroatoms. The lowest BCUT2D eigenvalue weighted by atomic mass is 10.1. The predicted octanol–water partition coefficient (Wildman–Crippen LogP) is 4.48. The number of carboxylic acids is 1. The van der Waals surface area contributed by atoms with Crippen molar-refractivity contribution in [3.05, 3.63) is 64.3 Å². The number of benzene rings is 2. The molecule has 0 unspecified atom stereocenters. The second kappa shape index (κ2) is 7.13. The molecular weight excluding hydrogens is 366 g/mol. The Labute approximate surface area is 151 Å². The minimum absolute atomic E-state index is 0.0234. The number of nitrogens with one attached hydrogen (secondary N) is 2. The number of aromatic nitrogens is 1. The van der Waals surface area contributed by atoms with Crippen molar-refractivity contribution >= 4 is 39.9 Å². The fourth-order valence-electron chi connectivity index (χ4n) is 2.63. The summed E-state index contributed by atoms with van der Waals surface area (Å²) < 4.78 is 26.1. The Morgan fingerprint density at radius 1 is 1.12 bits per heavy atom. The molecule has 3 rings (SSSR count). The molecule has 0 saturated heterocycles. The Morgan fingerprint density at radius 3 is 2.58 bits per heavy atom. The first-order chi connectivity index (χ1) is 12.4. The first-order valence-electron chi connectivity index (χ1n) is 7.63. The fourth-order valence-corrected chi connectivity index (χ4v) is 2.80. The van der Waals surface area contributed by atoms with Crippen LogP contribution in [0.3, 0.4) is 0 Å². The number of halogens is 3. The number of aromatic amines is 1. The zero-order chi connectivity index (χ0) is 18.8. The third-order valence-electron chi connectivity index (χ3n) is 3.87. The van der Waals surface area contributed by atoms with Crippen LogP contribution < -0.4 is 5.32 Å². The highest BCUT2D eigenvalue weighted by Crippen LogP contribution is 2.30. The lowest BCUT2D eigenvalue weighted by Crippen LogP contribution is -2.11. The Morgan fingerprint density at radius 2 is 1.88 bits per heavy atom. The molecule has 0 bridgehead atoms. The standard InChI is InChI=1S/C18H13ClF2N2O3/c19-10-2-3-11-14(8-10)23-17(18(25)26)16(11)22-6-5-15(24)9-1-4-12(20)13(21)7-9/h1-4,7-8,22-23H,5-6H2,(H,25,26). The van der Waals surface area contributed by atoms with Crippen LogP contribution in [0.5, 0.6) is 0 Å². The van der Waals surface area contributed by atoms with Crippen LogP contribution in [0.25, 0.3) is 10.9 Å². The van der Waals surface area contributed by atoms with Gasteiger partial charge in [0.1, 0.15) is 5.69 Å². The van der Waals surface area contributed by atoms with Gasteiger partial charge in [-0.2, -0.15) is 0 Å². The topological polar surface area (TPSA) is 82.2 Å². The number of hydrogen-bond donors (Lipinski definition) is 3. The molecule has 0 amide bonds. The molecule has 3 N–H and O–H groups in total. The molecule has 0 spiro atoms. The molecule has 0 aliphatic carbocycles. The number of aromatic carboxylic acids is 1. The molecule has 5 nitrogen and oxygen atoms in total. The molecular formula is C18H13ClF2N2O3. The molecule has 0 fully saturated rings. The quantitative estimate of drug-likeness (QED) is 0.552. The maximum absolute atomic E-state index is 13.2. The highest BCUT2D eigenvalue weighted by molar-refractivity contribution is 6.31. The van der Waals surface area contributed by atoms with E-state index in [2.05, 4.69) is 10.3 Å². The van der Waals surface area contributed by atoms with Gasteiger partial charge in [0.25, 0.3) is 0 Å². The minimum Gasteiger partial charge on any atom is -0.477 e. The van der Waals surface area contributed by atoms with E-state index >= 15 is 0 Å². The van der Waals surface area contributed by atoms with E-state index < -0.39 is 23.4 Å². The summed E-state index contributed by atoms with van der Waals surface area (Å²) in [5.41, 5.74) is 0.879. The second-order valence-electron chi connectivity index (χ2n) is 5.60. The molecule has 1 heterocycles. The molecule has 3 aromatic rings. The third-order valence-corrected chi connectivity index (χ3v) is 4.10. The van der Waals surface area contributed by atoms with E-state index in [0.717, 1.165) is 12.1 Å². The van der Waals surface area contributed by atoms with Crippen molar-refractivity contribution < 1.29 is 23.5 Å². The van der Waals surface area contributed by atoms with Crippen LogP contribution in [-0.2, 0) is 0 Å². The number of carboxylic acid groups (broad SMARTS) is 1. The molecule has 26 heavy (non-hydrogen) atoms. The summed E-state index contributed by atoms with van der Waals surface area (Å²) in [5, 5.41) is 13.3. The Kier molecular flexibility index (Phi) is 4.90. The highest BCUT2D eigenvalue weighted by Gasteiger charge is 2.17. The number of hydrogen-bond acceptors (Lipinski definition) is 3. The van der Waals surface area contributed by atoms with Gasteiger partial charge in [-0.3, -0.25) is 4.79 Å². The summed E-state index contributed by atoms with van der Waals surface area (Å²) in [6.45, 7) is 0.119. The van der Waals surface area contributed by atoms with Crippen molar-refractivity contribution in [2.75, 3.05) is 11.9 Å². The van der Waals surface area contributed by atoms with E-state index in [4.69, 9.17) is 11.6 Å². The molecule has 1 aromatic heterocycles. The van der Waals surface area contributed by atoms with Crippen molar-refractivity contribution in [1.82, 2.24) is 4.98 Å². The zero-order valence-electron chi connectivity index (χ0n) is 13.3. The number of ketones is 1. The summed E-state index contributed by atoms with van der Waals surface area (Å²) in [4.78, 5) is 26.3. The molecule has 0 atom stereocenters. The summed E-state index contributed by atoms with van der Waals surface area (Å²) in [6.07, 6.45) is -0.0234. The molecule has 0 aliphatic heterocycles. The largest absolute Gasteiger partial charge is 0.477 e. The van der Waals surface area contributed by atoms with Crippen LogP contribution >= 0.6 is 11.6 Å². The number of anilines is 1. The van der Waals surface area contributed by atoms with E-state index in [1.54, 1.807) is 18.2 Å². The van der Waals surface area contributed by atoms with Gasteiger partial charge in [0.05, 0.1) is 5.69 Å². The number of H-pyrrole nitrogens is 1. The van der Waals surface area contributed by atoms with Gasteiger partial charge >= 0.3 is 5.97 Å². The summed E-state index contributed by atoms with van der Waals surface area (Å²) in [7, 11) is 0. The van der Waals surface area contributed by atoms with Gasteiger partial charge < -0.3 is 15.4 Å². The number of carbonyl (C=O) groups is 2. The lowest BCUT2D eigenvalue weighted by molar-refractivity contribution is 0.0692. The molecule has 2 aromatic carbocycles. The lowest BCUT2D eigenvalue weighted by Gasteiger charge is -2.07. The van der Waals surface area contributed by atoms with E-state index in [1.807, 2.05) is 0 Å². The Bertz CT molecular complexity index is 1020. The van der Waals surface area contributed by atoms with Crippen LogP contribution in [-0.4, -0.2) is 28.4 Å². The van der Waals surface area contributed by atoms with Crippen molar-refractivity contribution in [3.8, 4) is 0 Å². The molecule has 134 valence electrons. The Hall–Kier alpha value is -2.93. The van der Waals surface area contributed by atoms with Crippen molar-refractivity contribution in [3.63, 3.8) is 0 Å². The van der Waals surface area contributed by atoms with Gasteiger partial charge in [0.15, 0.2) is 17.4 Å². The zero-order valence-corrected chi connectivity index (χ0v) is 14.0. The van der Waals surface area contributed by atoms with Gasteiger partial charge in [-0.1, -0.05) is 11.6 Å². The maximum Gasteiger partial charge on any atom is 0.354 e. The summed E-state index contributed by atoms with van der Waals surface area (Å²) >= 11 is 5.91. The van der Waals surface area contributed by atoms with Crippen LogP contribution in [0.2, 0.25) is 5.02 Å². The van der Waals surface area contributed by atoms with Crippen molar-refractivity contribution in [2.24, 2.45) is 0 Å². The van der Waals surface area contributed by atoms with E-state index in [1.165, 1.54) is 6.07 Å². The van der Waals surface area contributed by atoms with Gasteiger partial charge in [0, 0.05) is 34.5 Å². The van der Waals surface area contributed by atoms with Gasteiger partial charge in [-0.15, -0.1) is 0 Å². The van der Waals surface area contributed by atoms with Crippen LogP contribution in [0.15, 0.2) is 36.4 Å². The predicted molar refractivity (Wildman–Crippen MR) is 94.1 cm³/mol. The molecule has 0 radical (unpaired) electrons. The van der Waals surface area contributed by atoms with Crippen molar-refractivity contribution in [2.45, 2.75) is 6.42 Å². The normalized spacial score (nSPS) is 10.9. The van der Waals surface area contributed by atoms with Crippen LogP contribution in [0.1, 0.15) is 27.3 Å². The Balaban J connectivity index is 1.77. The summed E-state index contributed by atoms with van der Waals surface area (Å²) in [6, 6.07) is 7.83. The average molecular weight is 379 g/mol. The summed E-state index contributed by atoms with van der Waals surface area (Å²) in [5.74, 6) is -3.67. The van der Waals surface area contributed by atoms with E-state index in [-0.39, 0.29) is 24.2 Å². The monoisotopic (exact) mass is 378 g/mol. The number of carbonyl (C=O) groups excluding carboxylic acids is 1. The molecule has 0 saturated carbocycles. The second-order valence-corrected chi connectivity index (χ2v) is 6.04. The third kappa shape index (κ3) is 3.52. The van der Waals surface area contributed by atoms with E-state index in [0.29, 0.717) is 21.6 Å². The first kappa shape index (κ1) is 17.9. The number of Topliss-reactive ketones (excluding diaryl/α,β-unsaturated/α-hetero) is 1. The fraction of sp³-hybridized carbons (Fsp3) is 0.111. The SMILES string of the molecule is O=C(CCNc1c(C(=O)O)[nH]c2cc(Cl)ccc12)c1ccc(F)c(F)c1. The molecule has 0 aliphatic rings. The first-order valence-corrected chi connectivity index (χ1v) is 8.01. The number of fused-ring (bicyclic) bond motifs is 1. The number of rotatable bonds is 6.